The molecule has 0 aliphatic carbocycles. The standard InChI is InChI=1S/C20H22N2O2/c21-18(15-9-3-1-4-10-15)19(23)16-11-5-6-12-17(16)20(24)22-13-7-2-8-14-22/h1,3-6,9-12,18H,2,7-8,13-14,21H2. The van der Waals surface area contributed by atoms with Crippen LogP contribution in [0.3, 0.4) is 0 Å². The third-order valence-electron chi connectivity index (χ3n) is 4.51. The number of likely N-dealkylation sites (tertiary alicyclic amines) is 1. The van der Waals surface area contributed by atoms with E-state index in [0.717, 1.165) is 37.9 Å². The second-order valence-electron chi connectivity index (χ2n) is 6.15. The smallest absolute Gasteiger partial charge is 0.254 e. The number of hydrogen-bond acceptors (Lipinski definition) is 3. The van der Waals surface area contributed by atoms with Crippen molar-refractivity contribution in [1.29, 1.82) is 0 Å². The second-order valence-corrected chi connectivity index (χ2v) is 6.15. The molecule has 1 atom stereocenters. The highest BCUT2D eigenvalue weighted by molar-refractivity contribution is 6.10. The summed E-state index contributed by atoms with van der Waals surface area (Å²) < 4.78 is 0. The molecule has 124 valence electrons. The highest BCUT2D eigenvalue weighted by Gasteiger charge is 2.26. The lowest BCUT2D eigenvalue weighted by atomic mass is 9.94. The zero-order valence-corrected chi connectivity index (χ0v) is 13.7. The van der Waals surface area contributed by atoms with Gasteiger partial charge in [0.05, 0.1) is 11.6 Å². The Bertz CT molecular complexity index is 721. The maximum absolute atomic E-state index is 12.9. The molecule has 2 N–H and O–H groups in total. The Morgan fingerprint density at radius 2 is 1.42 bits per heavy atom. The molecule has 4 nitrogen and oxygen atoms in total. The summed E-state index contributed by atoms with van der Waals surface area (Å²) in [4.78, 5) is 27.5. The van der Waals surface area contributed by atoms with Crippen molar-refractivity contribution in [2.45, 2.75) is 25.3 Å². The zero-order valence-electron chi connectivity index (χ0n) is 13.7. The summed E-state index contributed by atoms with van der Waals surface area (Å²) in [6.07, 6.45) is 3.19. The summed E-state index contributed by atoms with van der Waals surface area (Å²) in [7, 11) is 0. The van der Waals surface area contributed by atoms with E-state index in [9.17, 15) is 9.59 Å². The maximum atomic E-state index is 12.9. The van der Waals surface area contributed by atoms with Gasteiger partial charge in [0.2, 0.25) is 0 Å². The number of nitrogens with zero attached hydrogens (tertiary/aromatic N) is 1. The molecular weight excluding hydrogens is 300 g/mol. The molecule has 2 aromatic carbocycles. The van der Waals surface area contributed by atoms with Crippen LogP contribution in [0.5, 0.6) is 0 Å². The molecule has 4 heteroatoms. The fraction of sp³-hybridized carbons (Fsp3) is 0.300. The topological polar surface area (TPSA) is 63.4 Å². The van der Waals surface area contributed by atoms with E-state index < -0.39 is 6.04 Å². The van der Waals surface area contributed by atoms with Crippen LogP contribution in [-0.2, 0) is 0 Å². The molecule has 24 heavy (non-hydrogen) atoms. The lowest BCUT2D eigenvalue weighted by Gasteiger charge is -2.27. The van der Waals surface area contributed by atoms with Gasteiger partial charge in [-0.2, -0.15) is 0 Å². The molecule has 1 unspecified atom stereocenters. The molecular formula is C20H22N2O2. The summed E-state index contributed by atoms with van der Waals surface area (Å²) in [5.74, 6) is -0.291. The molecule has 0 radical (unpaired) electrons. The Morgan fingerprint density at radius 3 is 2.08 bits per heavy atom. The number of benzene rings is 2. The van der Waals surface area contributed by atoms with Crippen LogP contribution in [-0.4, -0.2) is 29.7 Å². The summed E-state index contributed by atoms with van der Waals surface area (Å²) >= 11 is 0. The van der Waals surface area contributed by atoms with Gasteiger partial charge in [-0.15, -0.1) is 0 Å². The Morgan fingerprint density at radius 1 is 0.833 bits per heavy atom. The first-order valence-electron chi connectivity index (χ1n) is 8.41. The van der Waals surface area contributed by atoms with Crippen molar-refractivity contribution in [3.8, 4) is 0 Å². The highest BCUT2D eigenvalue weighted by Crippen LogP contribution is 2.21. The number of hydrogen-bond donors (Lipinski definition) is 1. The Labute approximate surface area is 142 Å². The van der Waals surface area contributed by atoms with Gasteiger partial charge >= 0.3 is 0 Å². The minimum atomic E-state index is -0.762. The summed E-state index contributed by atoms with van der Waals surface area (Å²) in [5, 5.41) is 0. The van der Waals surface area contributed by atoms with Gasteiger partial charge in [-0.25, -0.2) is 0 Å². The van der Waals surface area contributed by atoms with Gasteiger partial charge in [0.15, 0.2) is 5.78 Å². The third-order valence-corrected chi connectivity index (χ3v) is 4.51. The number of amides is 1. The average Bonchev–Trinajstić information content (AvgIpc) is 2.67. The predicted molar refractivity (Wildman–Crippen MR) is 93.9 cm³/mol. The first-order chi connectivity index (χ1) is 11.7. The minimum absolute atomic E-state index is 0.0705. The molecule has 0 bridgehead atoms. The van der Waals surface area contributed by atoms with Crippen molar-refractivity contribution in [2.24, 2.45) is 5.73 Å². The number of ketones is 1. The largest absolute Gasteiger partial charge is 0.339 e. The maximum Gasteiger partial charge on any atom is 0.254 e. The Balaban J connectivity index is 1.88. The normalized spacial score (nSPS) is 15.8. The van der Waals surface area contributed by atoms with Gasteiger partial charge in [-0.3, -0.25) is 9.59 Å². The van der Waals surface area contributed by atoms with E-state index in [4.69, 9.17) is 5.73 Å². The van der Waals surface area contributed by atoms with Gasteiger partial charge in [0, 0.05) is 18.7 Å². The van der Waals surface area contributed by atoms with Crippen molar-refractivity contribution in [2.75, 3.05) is 13.1 Å². The number of carbonyl (C=O) groups is 2. The van der Waals surface area contributed by atoms with E-state index in [-0.39, 0.29) is 11.7 Å². The molecule has 0 saturated carbocycles. The molecule has 1 amide bonds. The summed E-state index contributed by atoms with van der Waals surface area (Å²) in [6, 6.07) is 15.5. The fourth-order valence-electron chi connectivity index (χ4n) is 3.13. The third kappa shape index (κ3) is 3.39. The second kappa shape index (κ2) is 7.41. The molecule has 1 aliphatic heterocycles. The van der Waals surface area contributed by atoms with Crippen LogP contribution in [0.1, 0.15) is 51.6 Å². The summed E-state index contributed by atoms with van der Waals surface area (Å²) in [5.41, 5.74) is 7.76. The molecule has 0 aromatic heterocycles. The quantitative estimate of drug-likeness (QED) is 0.879. The van der Waals surface area contributed by atoms with Gasteiger partial charge < -0.3 is 10.6 Å². The lowest BCUT2D eigenvalue weighted by molar-refractivity contribution is 0.0719. The monoisotopic (exact) mass is 322 g/mol. The SMILES string of the molecule is NC(C(=O)c1ccccc1C(=O)N1CCCCC1)c1ccccc1. The van der Waals surface area contributed by atoms with Crippen molar-refractivity contribution < 1.29 is 9.59 Å². The van der Waals surface area contributed by atoms with E-state index >= 15 is 0 Å². The number of nitrogens with two attached hydrogens (primary N) is 1. The average molecular weight is 322 g/mol. The van der Waals surface area contributed by atoms with Crippen molar-refractivity contribution in [1.82, 2.24) is 4.90 Å². The zero-order chi connectivity index (χ0) is 16.9. The minimum Gasteiger partial charge on any atom is -0.339 e. The van der Waals surface area contributed by atoms with Crippen LogP contribution < -0.4 is 5.73 Å². The highest BCUT2D eigenvalue weighted by atomic mass is 16.2. The molecule has 2 aromatic rings. The van der Waals surface area contributed by atoms with Crippen molar-refractivity contribution in [3.63, 3.8) is 0 Å². The van der Waals surface area contributed by atoms with Gasteiger partial charge in [-0.05, 0) is 30.9 Å². The lowest BCUT2D eigenvalue weighted by Crippen LogP contribution is -2.36. The van der Waals surface area contributed by atoms with E-state index in [2.05, 4.69) is 0 Å². The number of carbonyl (C=O) groups excluding carboxylic acids is 2. The van der Waals surface area contributed by atoms with Gasteiger partial charge in [-0.1, -0.05) is 48.5 Å². The Hall–Kier alpha value is -2.46. The molecule has 1 heterocycles. The van der Waals surface area contributed by atoms with Crippen molar-refractivity contribution >= 4 is 11.7 Å². The van der Waals surface area contributed by atoms with Gasteiger partial charge in [0.25, 0.3) is 5.91 Å². The predicted octanol–water partition coefficient (Wildman–Crippen LogP) is 3.20. The van der Waals surface area contributed by atoms with Crippen LogP contribution in [0.4, 0.5) is 0 Å². The van der Waals surface area contributed by atoms with E-state index in [1.54, 1.807) is 24.3 Å². The first-order valence-corrected chi connectivity index (χ1v) is 8.41. The van der Waals surface area contributed by atoms with Crippen LogP contribution in [0.15, 0.2) is 54.6 Å². The summed E-state index contributed by atoms with van der Waals surface area (Å²) in [6.45, 7) is 1.51. The first kappa shape index (κ1) is 16.4. The van der Waals surface area contributed by atoms with E-state index in [1.807, 2.05) is 35.2 Å². The van der Waals surface area contributed by atoms with E-state index in [1.165, 1.54) is 0 Å². The van der Waals surface area contributed by atoms with Crippen LogP contribution >= 0.6 is 0 Å². The fourth-order valence-corrected chi connectivity index (χ4v) is 3.13. The Kier molecular flexibility index (Phi) is 5.06. The molecule has 1 aliphatic rings. The van der Waals surface area contributed by atoms with Crippen molar-refractivity contribution in [3.05, 3.63) is 71.3 Å². The molecule has 1 saturated heterocycles. The number of Topliss-reactive ketones (excluding diaryl/α,β-unsaturated/α-hetero) is 1. The number of piperidine rings is 1. The van der Waals surface area contributed by atoms with Crippen LogP contribution in [0.25, 0.3) is 0 Å². The molecule has 1 fully saturated rings. The van der Waals surface area contributed by atoms with Crippen LogP contribution in [0.2, 0.25) is 0 Å². The van der Waals surface area contributed by atoms with Gasteiger partial charge in [0.1, 0.15) is 0 Å². The van der Waals surface area contributed by atoms with Crippen LogP contribution in [0, 0.1) is 0 Å². The number of rotatable bonds is 4. The van der Waals surface area contributed by atoms with E-state index in [0.29, 0.717) is 11.1 Å². The molecule has 3 rings (SSSR count). The molecule has 0 spiro atoms.